The maximum atomic E-state index is 11.5. The van der Waals surface area contributed by atoms with Crippen LogP contribution >= 0.6 is 0 Å². The number of rotatable bonds is 3. The van der Waals surface area contributed by atoms with Gasteiger partial charge in [0, 0.05) is 18.5 Å². The van der Waals surface area contributed by atoms with Crippen LogP contribution in [0.5, 0.6) is 0 Å². The molecule has 1 fully saturated rings. The lowest BCUT2D eigenvalue weighted by Crippen LogP contribution is -2.39. The third kappa shape index (κ3) is 3.66. The molecule has 3 heteroatoms. The van der Waals surface area contributed by atoms with Crippen molar-refractivity contribution in [1.82, 2.24) is 10.2 Å². The standard InChI is InChI=1S/C11H22N2O/c1-11(2,3)10(14)12-6-9-13-7-4-5-8-13/h4-9H2,1-3H3,(H,12,14). The van der Waals surface area contributed by atoms with E-state index in [1.165, 1.54) is 25.9 Å². The van der Waals surface area contributed by atoms with Gasteiger partial charge in [-0.25, -0.2) is 0 Å². The SMILES string of the molecule is CC(C)(C)C(=O)NCCN1CCCC1. The first-order valence-electron chi connectivity index (χ1n) is 5.51. The minimum atomic E-state index is -0.259. The molecule has 0 radical (unpaired) electrons. The molecule has 0 spiro atoms. The lowest BCUT2D eigenvalue weighted by Gasteiger charge is -2.20. The monoisotopic (exact) mass is 198 g/mol. The molecule has 14 heavy (non-hydrogen) atoms. The van der Waals surface area contributed by atoms with Crippen LogP contribution in [0.3, 0.4) is 0 Å². The fourth-order valence-corrected chi connectivity index (χ4v) is 1.60. The van der Waals surface area contributed by atoms with E-state index >= 15 is 0 Å². The highest BCUT2D eigenvalue weighted by Gasteiger charge is 2.20. The summed E-state index contributed by atoms with van der Waals surface area (Å²) in [6, 6.07) is 0. The van der Waals surface area contributed by atoms with Gasteiger partial charge in [0.25, 0.3) is 0 Å². The number of nitrogens with zero attached hydrogens (tertiary/aromatic N) is 1. The number of amides is 1. The Labute approximate surface area is 86.9 Å². The van der Waals surface area contributed by atoms with Crippen molar-refractivity contribution >= 4 is 5.91 Å². The zero-order valence-corrected chi connectivity index (χ0v) is 9.60. The molecule has 0 atom stereocenters. The van der Waals surface area contributed by atoms with Crippen LogP contribution in [-0.4, -0.2) is 37.0 Å². The third-order valence-corrected chi connectivity index (χ3v) is 2.59. The summed E-state index contributed by atoms with van der Waals surface area (Å²) in [6.07, 6.45) is 2.63. The Morgan fingerprint density at radius 2 is 1.86 bits per heavy atom. The van der Waals surface area contributed by atoms with E-state index in [2.05, 4.69) is 10.2 Å². The summed E-state index contributed by atoms with van der Waals surface area (Å²) in [7, 11) is 0. The highest BCUT2D eigenvalue weighted by atomic mass is 16.2. The van der Waals surface area contributed by atoms with E-state index in [0.717, 1.165) is 13.1 Å². The van der Waals surface area contributed by atoms with Gasteiger partial charge in [0.15, 0.2) is 0 Å². The molecular weight excluding hydrogens is 176 g/mol. The van der Waals surface area contributed by atoms with E-state index in [-0.39, 0.29) is 11.3 Å². The lowest BCUT2D eigenvalue weighted by atomic mass is 9.96. The van der Waals surface area contributed by atoms with E-state index in [4.69, 9.17) is 0 Å². The third-order valence-electron chi connectivity index (χ3n) is 2.59. The normalized spacial score (nSPS) is 18.5. The quantitative estimate of drug-likeness (QED) is 0.740. The van der Waals surface area contributed by atoms with Crippen molar-refractivity contribution in [2.75, 3.05) is 26.2 Å². The fourth-order valence-electron chi connectivity index (χ4n) is 1.60. The molecule has 1 saturated heterocycles. The van der Waals surface area contributed by atoms with E-state index in [1.54, 1.807) is 0 Å². The van der Waals surface area contributed by atoms with E-state index in [1.807, 2.05) is 20.8 Å². The van der Waals surface area contributed by atoms with Crippen LogP contribution in [0.25, 0.3) is 0 Å². The molecule has 1 aliphatic heterocycles. The van der Waals surface area contributed by atoms with Gasteiger partial charge >= 0.3 is 0 Å². The Morgan fingerprint density at radius 1 is 1.29 bits per heavy atom. The maximum absolute atomic E-state index is 11.5. The van der Waals surface area contributed by atoms with E-state index in [9.17, 15) is 4.79 Å². The average molecular weight is 198 g/mol. The molecule has 82 valence electrons. The summed E-state index contributed by atoms with van der Waals surface area (Å²) in [5.41, 5.74) is -0.259. The summed E-state index contributed by atoms with van der Waals surface area (Å²) in [5, 5.41) is 2.97. The zero-order valence-electron chi connectivity index (χ0n) is 9.60. The lowest BCUT2D eigenvalue weighted by molar-refractivity contribution is -0.128. The first-order chi connectivity index (χ1) is 6.50. The molecule has 1 N–H and O–H groups in total. The predicted molar refractivity (Wildman–Crippen MR) is 58.1 cm³/mol. The molecular formula is C11H22N2O. The number of nitrogens with one attached hydrogen (secondary N) is 1. The number of carbonyl (C=O) groups excluding carboxylic acids is 1. The summed E-state index contributed by atoms with van der Waals surface area (Å²) in [6.45, 7) is 10.0. The Balaban J connectivity index is 2.11. The van der Waals surface area contributed by atoms with Crippen LogP contribution in [0.2, 0.25) is 0 Å². The topological polar surface area (TPSA) is 32.3 Å². The zero-order chi connectivity index (χ0) is 10.6. The molecule has 1 heterocycles. The van der Waals surface area contributed by atoms with Gasteiger partial charge in [-0.3, -0.25) is 4.79 Å². The van der Waals surface area contributed by atoms with Crippen LogP contribution in [0.4, 0.5) is 0 Å². The Kier molecular flexibility index (Phi) is 3.93. The van der Waals surface area contributed by atoms with Crippen LogP contribution in [-0.2, 0) is 4.79 Å². The molecule has 1 amide bonds. The van der Waals surface area contributed by atoms with Gasteiger partial charge < -0.3 is 10.2 Å². The summed E-state index contributed by atoms with van der Waals surface area (Å²) in [4.78, 5) is 13.9. The van der Waals surface area contributed by atoms with Crippen molar-refractivity contribution in [3.05, 3.63) is 0 Å². The van der Waals surface area contributed by atoms with Crippen molar-refractivity contribution in [2.45, 2.75) is 33.6 Å². The number of carbonyl (C=O) groups is 1. The molecule has 3 nitrogen and oxygen atoms in total. The van der Waals surface area contributed by atoms with Crippen LogP contribution < -0.4 is 5.32 Å². The van der Waals surface area contributed by atoms with Gasteiger partial charge in [-0.15, -0.1) is 0 Å². The predicted octanol–water partition coefficient (Wildman–Crippen LogP) is 1.24. The summed E-state index contributed by atoms with van der Waals surface area (Å²) < 4.78 is 0. The van der Waals surface area contributed by atoms with Crippen molar-refractivity contribution in [2.24, 2.45) is 5.41 Å². The Bertz CT molecular complexity index is 190. The van der Waals surface area contributed by atoms with E-state index in [0.29, 0.717) is 0 Å². The van der Waals surface area contributed by atoms with Crippen molar-refractivity contribution < 1.29 is 4.79 Å². The average Bonchev–Trinajstić information content (AvgIpc) is 2.55. The van der Waals surface area contributed by atoms with Gasteiger partial charge in [-0.1, -0.05) is 20.8 Å². The second-order valence-electron chi connectivity index (χ2n) is 5.05. The molecule has 0 saturated carbocycles. The summed E-state index contributed by atoms with van der Waals surface area (Å²) >= 11 is 0. The minimum Gasteiger partial charge on any atom is -0.354 e. The van der Waals surface area contributed by atoms with Gasteiger partial charge in [-0.05, 0) is 25.9 Å². The van der Waals surface area contributed by atoms with Crippen LogP contribution in [0.15, 0.2) is 0 Å². The molecule has 0 unspecified atom stereocenters. The molecule has 1 rings (SSSR count). The fraction of sp³-hybridized carbons (Fsp3) is 0.909. The second-order valence-corrected chi connectivity index (χ2v) is 5.05. The largest absolute Gasteiger partial charge is 0.354 e. The molecule has 0 aromatic rings. The molecule has 0 aromatic heterocycles. The number of hydrogen-bond acceptors (Lipinski definition) is 2. The second kappa shape index (κ2) is 4.78. The minimum absolute atomic E-state index is 0.150. The molecule has 0 bridgehead atoms. The van der Waals surface area contributed by atoms with Gasteiger partial charge in [0.2, 0.25) is 5.91 Å². The molecule has 0 aromatic carbocycles. The van der Waals surface area contributed by atoms with Crippen molar-refractivity contribution in [3.8, 4) is 0 Å². The van der Waals surface area contributed by atoms with Gasteiger partial charge in [0.05, 0.1) is 0 Å². The maximum Gasteiger partial charge on any atom is 0.225 e. The first-order valence-corrected chi connectivity index (χ1v) is 5.51. The van der Waals surface area contributed by atoms with Crippen LogP contribution in [0.1, 0.15) is 33.6 Å². The summed E-state index contributed by atoms with van der Waals surface area (Å²) in [5.74, 6) is 0.150. The Hall–Kier alpha value is -0.570. The highest BCUT2D eigenvalue weighted by molar-refractivity contribution is 5.81. The first kappa shape index (κ1) is 11.5. The van der Waals surface area contributed by atoms with Gasteiger partial charge in [-0.2, -0.15) is 0 Å². The van der Waals surface area contributed by atoms with Crippen molar-refractivity contribution in [3.63, 3.8) is 0 Å². The Morgan fingerprint density at radius 3 is 2.36 bits per heavy atom. The van der Waals surface area contributed by atoms with E-state index < -0.39 is 0 Å². The smallest absolute Gasteiger partial charge is 0.225 e. The number of hydrogen-bond donors (Lipinski definition) is 1. The molecule has 0 aliphatic carbocycles. The molecule has 1 aliphatic rings. The van der Waals surface area contributed by atoms with Gasteiger partial charge in [0.1, 0.15) is 0 Å². The highest BCUT2D eigenvalue weighted by Crippen LogP contribution is 2.12. The number of likely N-dealkylation sites (tertiary alicyclic amines) is 1. The van der Waals surface area contributed by atoms with Crippen molar-refractivity contribution in [1.29, 1.82) is 0 Å². The van der Waals surface area contributed by atoms with Crippen LogP contribution in [0, 0.1) is 5.41 Å².